The number of hydrogen-bond donors (Lipinski definition) is 2. The largest absolute Gasteiger partial charge is 0.354 e. The van der Waals surface area contributed by atoms with Crippen LogP contribution < -0.4 is 10.6 Å². The van der Waals surface area contributed by atoms with Crippen molar-refractivity contribution in [1.29, 1.82) is 0 Å². The maximum absolute atomic E-state index is 4.21. The predicted molar refractivity (Wildman–Crippen MR) is 84.4 cm³/mol. The van der Waals surface area contributed by atoms with Gasteiger partial charge in [0.25, 0.3) is 0 Å². The van der Waals surface area contributed by atoms with E-state index in [-0.39, 0.29) is 0 Å². The molecule has 0 spiro atoms. The SMILES string of the molecule is CCC(C)NC(=NC)NCc1nncn1-c1ccccc1. The summed E-state index contributed by atoms with van der Waals surface area (Å²) in [7, 11) is 1.76. The Kier molecular flexibility index (Phi) is 5.31. The zero-order valence-electron chi connectivity index (χ0n) is 12.7. The first-order valence-electron chi connectivity index (χ1n) is 7.16. The first-order chi connectivity index (χ1) is 10.2. The van der Waals surface area contributed by atoms with E-state index in [0.29, 0.717) is 12.6 Å². The molecule has 1 aromatic heterocycles. The maximum atomic E-state index is 4.21. The highest BCUT2D eigenvalue weighted by Crippen LogP contribution is 2.08. The molecule has 2 N–H and O–H groups in total. The molecule has 6 heteroatoms. The van der Waals surface area contributed by atoms with Crippen LogP contribution in [0.15, 0.2) is 41.7 Å². The summed E-state index contributed by atoms with van der Waals surface area (Å²) in [5.41, 5.74) is 1.05. The van der Waals surface area contributed by atoms with Gasteiger partial charge in [0.15, 0.2) is 11.8 Å². The number of aliphatic imine (C=N–C) groups is 1. The molecular formula is C15H22N6. The molecule has 21 heavy (non-hydrogen) atoms. The molecule has 6 nitrogen and oxygen atoms in total. The summed E-state index contributed by atoms with van der Waals surface area (Å²) in [6.45, 7) is 4.82. The Bertz CT molecular complexity index is 575. The van der Waals surface area contributed by atoms with Gasteiger partial charge in [-0.3, -0.25) is 9.56 Å². The topological polar surface area (TPSA) is 67.1 Å². The molecule has 0 amide bonds. The molecule has 0 radical (unpaired) electrons. The normalized spacial score (nSPS) is 13.0. The molecule has 1 atom stereocenters. The smallest absolute Gasteiger partial charge is 0.191 e. The van der Waals surface area contributed by atoms with E-state index in [4.69, 9.17) is 0 Å². The standard InChI is InChI=1S/C15H22N6/c1-4-12(2)19-15(16-3)17-10-14-20-18-11-21(14)13-8-6-5-7-9-13/h5-9,11-12H,4,10H2,1-3H3,(H2,16,17,19). The first kappa shape index (κ1) is 15.0. The van der Waals surface area contributed by atoms with Crippen molar-refractivity contribution in [2.24, 2.45) is 4.99 Å². The van der Waals surface area contributed by atoms with Crippen LogP contribution in [0, 0.1) is 0 Å². The van der Waals surface area contributed by atoms with Gasteiger partial charge in [0.05, 0.1) is 6.54 Å². The van der Waals surface area contributed by atoms with E-state index in [2.05, 4.69) is 39.7 Å². The fourth-order valence-electron chi connectivity index (χ4n) is 1.88. The van der Waals surface area contributed by atoms with Crippen LogP contribution in [0.5, 0.6) is 0 Å². The van der Waals surface area contributed by atoms with Gasteiger partial charge in [-0.2, -0.15) is 0 Å². The second-order valence-corrected chi connectivity index (χ2v) is 4.83. The minimum absolute atomic E-state index is 0.378. The minimum atomic E-state index is 0.378. The Balaban J connectivity index is 2.03. The first-order valence-corrected chi connectivity index (χ1v) is 7.16. The summed E-state index contributed by atoms with van der Waals surface area (Å²) < 4.78 is 1.96. The van der Waals surface area contributed by atoms with Crippen LogP contribution >= 0.6 is 0 Å². The molecule has 0 saturated carbocycles. The maximum Gasteiger partial charge on any atom is 0.191 e. The molecule has 0 aliphatic rings. The number of aromatic nitrogens is 3. The van der Waals surface area contributed by atoms with Crippen molar-refractivity contribution in [1.82, 2.24) is 25.4 Å². The molecule has 0 fully saturated rings. The van der Waals surface area contributed by atoms with Crippen LogP contribution in [0.2, 0.25) is 0 Å². The second kappa shape index (κ2) is 7.42. The Morgan fingerprint density at radius 2 is 2.10 bits per heavy atom. The highest BCUT2D eigenvalue weighted by Gasteiger charge is 2.08. The Morgan fingerprint density at radius 1 is 1.33 bits per heavy atom. The molecular weight excluding hydrogens is 264 g/mol. The van der Waals surface area contributed by atoms with E-state index in [1.54, 1.807) is 13.4 Å². The summed E-state index contributed by atoms with van der Waals surface area (Å²) in [6.07, 6.45) is 2.76. The lowest BCUT2D eigenvalue weighted by atomic mass is 10.3. The number of para-hydroxylation sites is 1. The lowest BCUT2D eigenvalue weighted by molar-refractivity contribution is 0.620. The van der Waals surface area contributed by atoms with Crippen LogP contribution in [-0.4, -0.2) is 33.8 Å². The Morgan fingerprint density at radius 3 is 2.76 bits per heavy atom. The highest BCUT2D eigenvalue weighted by molar-refractivity contribution is 5.79. The lowest BCUT2D eigenvalue weighted by Gasteiger charge is -2.16. The van der Waals surface area contributed by atoms with Crippen molar-refractivity contribution >= 4 is 5.96 Å². The number of benzene rings is 1. The van der Waals surface area contributed by atoms with E-state index < -0.39 is 0 Å². The van der Waals surface area contributed by atoms with Gasteiger partial charge < -0.3 is 10.6 Å². The fraction of sp³-hybridized carbons (Fsp3) is 0.400. The average Bonchev–Trinajstić information content (AvgIpc) is 3.00. The third-order valence-corrected chi connectivity index (χ3v) is 3.29. The van der Waals surface area contributed by atoms with Crippen molar-refractivity contribution in [3.63, 3.8) is 0 Å². The van der Waals surface area contributed by atoms with Crippen LogP contribution in [-0.2, 0) is 6.54 Å². The molecule has 112 valence electrons. The number of nitrogens with one attached hydrogen (secondary N) is 2. The van der Waals surface area contributed by atoms with Gasteiger partial charge in [-0.05, 0) is 25.5 Å². The molecule has 0 aliphatic heterocycles. The van der Waals surface area contributed by atoms with Gasteiger partial charge in [-0.1, -0.05) is 25.1 Å². The lowest BCUT2D eigenvalue weighted by Crippen LogP contribution is -2.41. The van der Waals surface area contributed by atoms with E-state index in [1.807, 2.05) is 34.9 Å². The van der Waals surface area contributed by atoms with E-state index in [0.717, 1.165) is 23.9 Å². The predicted octanol–water partition coefficient (Wildman–Crippen LogP) is 1.73. The third-order valence-electron chi connectivity index (χ3n) is 3.29. The number of nitrogens with zero attached hydrogens (tertiary/aromatic N) is 4. The number of rotatable bonds is 5. The van der Waals surface area contributed by atoms with Crippen LogP contribution in [0.4, 0.5) is 0 Å². The van der Waals surface area contributed by atoms with Gasteiger partial charge in [0, 0.05) is 18.8 Å². The second-order valence-electron chi connectivity index (χ2n) is 4.83. The number of guanidine groups is 1. The minimum Gasteiger partial charge on any atom is -0.354 e. The molecule has 1 unspecified atom stereocenters. The van der Waals surface area contributed by atoms with Crippen molar-refractivity contribution in [3.8, 4) is 5.69 Å². The summed E-state index contributed by atoms with van der Waals surface area (Å²) in [4.78, 5) is 4.21. The van der Waals surface area contributed by atoms with Crippen LogP contribution in [0.25, 0.3) is 5.69 Å². The molecule has 2 aromatic rings. The van der Waals surface area contributed by atoms with Gasteiger partial charge >= 0.3 is 0 Å². The van der Waals surface area contributed by atoms with Crippen molar-refractivity contribution < 1.29 is 0 Å². The quantitative estimate of drug-likeness (QED) is 0.649. The van der Waals surface area contributed by atoms with Crippen molar-refractivity contribution in [2.75, 3.05) is 7.05 Å². The number of hydrogen-bond acceptors (Lipinski definition) is 3. The van der Waals surface area contributed by atoms with E-state index in [9.17, 15) is 0 Å². The van der Waals surface area contributed by atoms with Gasteiger partial charge in [-0.15, -0.1) is 10.2 Å². The molecule has 2 rings (SSSR count). The summed E-state index contributed by atoms with van der Waals surface area (Å²) in [6, 6.07) is 10.4. The van der Waals surface area contributed by atoms with Gasteiger partial charge in [-0.25, -0.2) is 0 Å². The molecule has 1 heterocycles. The summed E-state index contributed by atoms with van der Waals surface area (Å²) in [5, 5.41) is 14.7. The molecule has 1 aromatic carbocycles. The molecule has 0 saturated heterocycles. The zero-order valence-corrected chi connectivity index (χ0v) is 12.7. The monoisotopic (exact) mass is 286 g/mol. The van der Waals surface area contributed by atoms with Crippen molar-refractivity contribution in [2.45, 2.75) is 32.9 Å². The fourth-order valence-corrected chi connectivity index (χ4v) is 1.88. The molecule has 0 aliphatic carbocycles. The summed E-state index contributed by atoms with van der Waals surface area (Å²) >= 11 is 0. The third kappa shape index (κ3) is 4.05. The van der Waals surface area contributed by atoms with Crippen molar-refractivity contribution in [3.05, 3.63) is 42.5 Å². The Hall–Kier alpha value is -2.37. The Labute approximate surface area is 125 Å². The van der Waals surface area contributed by atoms with Gasteiger partial charge in [0.1, 0.15) is 6.33 Å². The van der Waals surface area contributed by atoms with Crippen LogP contribution in [0.1, 0.15) is 26.1 Å². The van der Waals surface area contributed by atoms with Gasteiger partial charge in [0.2, 0.25) is 0 Å². The zero-order chi connectivity index (χ0) is 15.1. The van der Waals surface area contributed by atoms with E-state index >= 15 is 0 Å². The summed E-state index contributed by atoms with van der Waals surface area (Å²) in [5.74, 6) is 1.61. The van der Waals surface area contributed by atoms with Crippen LogP contribution in [0.3, 0.4) is 0 Å². The molecule has 0 bridgehead atoms. The van der Waals surface area contributed by atoms with E-state index in [1.165, 1.54) is 0 Å². The highest BCUT2D eigenvalue weighted by atomic mass is 15.3. The average molecular weight is 286 g/mol.